The molecule has 2 aromatic rings. The van der Waals surface area contributed by atoms with E-state index in [0.717, 1.165) is 43.2 Å². The van der Waals surface area contributed by atoms with Gasteiger partial charge >= 0.3 is 0 Å². The van der Waals surface area contributed by atoms with Gasteiger partial charge in [-0.25, -0.2) is 4.39 Å². The van der Waals surface area contributed by atoms with Gasteiger partial charge in [-0.3, -0.25) is 9.69 Å². The highest BCUT2D eigenvalue weighted by Crippen LogP contribution is 2.38. The summed E-state index contributed by atoms with van der Waals surface area (Å²) in [5, 5.41) is 3.03. The number of benzene rings is 2. The van der Waals surface area contributed by atoms with E-state index >= 15 is 0 Å². The second-order valence-electron chi connectivity index (χ2n) is 8.21. The number of hydrogen-bond acceptors (Lipinski definition) is 5. The van der Waals surface area contributed by atoms with Crippen molar-refractivity contribution >= 4 is 11.6 Å². The summed E-state index contributed by atoms with van der Waals surface area (Å²) in [7, 11) is 3.31. The van der Waals surface area contributed by atoms with Crippen molar-refractivity contribution in [1.29, 1.82) is 0 Å². The zero-order valence-electron chi connectivity index (χ0n) is 18.1. The van der Waals surface area contributed by atoms with Crippen LogP contribution in [-0.4, -0.2) is 63.9 Å². The first-order valence-electron chi connectivity index (χ1n) is 10.8. The third-order valence-electron chi connectivity index (χ3n) is 6.27. The number of ether oxygens (including phenoxy) is 2. The van der Waals surface area contributed by atoms with Crippen molar-refractivity contribution in [2.45, 2.75) is 19.0 Å². The molecular formula is C24H30FN3O3. The molecule has 0 aliphatic carbocycles. The fraction of sp³-hybridized carbons (Fsp3) is 0.458. The summed E-state index contributed by atoms with van der Waals surface area (Å²) >= 11 is 0. The van der Waals surface area contributed by atoms with Crippen molar-refractivity contribution < 1.29 is 18.7 Å². The average Bonchev–Trinajstić information content (AvgIpc) is 2.79. The monoisotopic (exact) mass is 427 g/mol. The summed E-state index contributed by atoms with van der Waals surface area (Å²) in [4.78, 5) is 17.8. The third-order valence-corrected chi connectivity index (χ3v) is 6.27. The highest BCUT2D eigenvalue weighted by Gasteiger charge is 2.41. The number of piperazine rings is 1. The molecule has 1 fully saturated rings. The third kappa shape index (κ3) is 4.83. The Bertz CT molecular complexity index is 905. The molecule has 1 amide bonds. The van der Waals surface area contributed by atoms with Gasteiger partial charge in [-0.15, -0.1) is 0 Å². The Hall–Kier alpha value is -2.64. The zero-order valence-corrected chi connectivity index (χ0v) is 18.1. The Labute approximate surface area is 182 Å². The maximum Gasteiger partial charge on any atom is 0.225 e. The number of hydrogen-bond donors (Lipinski definition) is 1. The number of carbonyl (C=O) groups excluding carboxylic acids is 1. The number of carbonyl (C=O) groups is 1. The number of rotatable bonds is 7. The summed E-state index contributed by atoms with van der Waals surface area (Å²) in [6.45, 7) is 4.23. The van der Waals surface area contributed by atoms with E-state index in [1.807, 2.05) is 18.2 Å². The van der Waals surface area contributed by atoms with Crippen LogP contribution in [0, 0.1) is 11.7 Å². The minimum atomic E-state index is -0.223. The number of halogens is 1. The minimum absolute atomic E-state index is 0.0661. The molecule has 2 aliphatic heterocycles. The lowest BCUT2D eigenvalue weighted by Crippen LogP contribution is -2.61. The van der Waals surface area contributed by atoms with Crippen LogP contribution < -0.4 is 15.0 Å². The smallest absolute Gasteiger partial charge is 0.225 e. The summed E-state index contributed by atoms with van der Waals surface area (Å²) in [6.07, 6.45) is 0.698. The van der Waals surface area contributed by atoms with E-state index in [1.54, 1.807) is 14.2 Å². The molecule has 31 heavy (non-hydrogen) atoms. The normalized spacial score (nSPS) is 20.7. The Morgan fingerprint density at radius 1 is 1.16 bits per heavy atom. The molecule has 2 heterocycles. The Morgan fingerprint density at radius 3 is 2.71 bits per heavy atom. The molecule has 1 N–H and O–H groups in total. The van der Waals surface area contributed by atoms with Crippen LogP contribution in [0.15, 0.2) is 42.5 Å². The van der Waals surface area contributed by atoms with E-state index in [1.165, 1.54) is 17.7 Å². The van der Waals surface area contributed by atoms with Gasteiger partial charge < -0.3 is 19.7 Å². The van der Waals surface area contributed by atoms with Gasteiger partial charge in [-0.2, -0.15) is 0 Å². The van der Waals surface area contributed by atoms with Crippen molar-refractivity contribution in [2.24, 2.45) is 5.92 Å². The van der Waals surface area contributed by atoms with Crippen molar-refractivity contribution in [3.05, 3.63) is 59.4 Å². The van der Waals surface area contributed by atoms with E-state index in [9.17, 15) is 9.18 Å². The van der Waals surface area contributed by atoms with Crippen molar-refractivity contribution in [3.63, 3.8) is 0 Å². The molecule has 4 rings (SSSR count). The summed E-state index contributed by atoms with van der Waals surface area (Å²) in [5.41, 5.74) is 3.41. The largest absolute Gasteiger partial charge is 0.497 e. The second kappa shape index (κ2) is 9.66. The number of nitrogens with zero attached hydrogens (tertiary/aromatic N) is 2. The minimum Gasteiger partial charge on any atom is -0.497 e. The van der Waals surface area contributed by atoms with Crippen molar-refractivity contribution in [2.75, 3.05) is 51.9 Å². The predicted molar refractivity (Wildman–Crippen MR) is 118 cm³/mol. The fourth-order valence-electron chi connectivity index (χ4n) is 4.66. The number of anilines is 1. The lowest BCUT2D eigenvalue weighted by atomic mass is 9.83. The molecule has 2 aliphatic rings. The maximum atomic E-state index is 13.3. The molecule has 166 valence electrons. The van der Waals surface area contributed by atoms with Gasteiger partial charge in [0.05, 0.1) is 25.7 Å². The van der Waals surface area contributed by atoms with Crippen LogP contribution in [0.5, 0.6) is 5.75 Å². The maximum absolute atomic E-state index is 13.3. The molecule has 0 aromatic heterocycles. The lowest BCUT2D eigenvalue weighted by Gasteiger charge is -2.49. The van der Waals surface area contributed by atoms with E-state index in [0.29, 0.717) is 19.6 Å². The molecule has 0 bridgehead atoms. The van der Waals surface area contributed by atoms with Gasteiger partial charge in [0.25, 0.3) is 0 Å². The molecule has 2 aromatic carbocycles. The Balaban J connectivity index is 1.56. The topological polar surface area (TPSA) is 54.0 Å². The van der Waals surface area contributed by atoms with Gasteiger partial charge in [0.2, 0.25) is 5.91 Å². The van der Waals surface area contributed by atoms with E-state index < -0.39 is 0 Å². The van der Waals surface area contributed by atoms with Crippen LogP contribution in [-0.2, 0) is 22.5 Å². The quantitative estimate of drug-likeness (QED) is 0.688. The molecule has 0 spiro atoms. The van der Waals surface area contributed by atoms with Crippen molar-refractivity contribution in [3.8, 4) is 5.75 Å². The highest BCUT2D eigenvalue weighted by atomic mass is 19.1. The van der Waals surface area contributed by atoms with E-state index in [4.69, 9.17) is 9.47 Å². The Morgan fingerprint density at radius 2 is 1.97 bits per heavy atom. The van der Waals surface area contributed by atoms with Gasteiger partial charge in [-0.1, -0.05) is 18.2 Å². The zero-order chi connectivity index (χ0) is 21.8. The molecule has 1 saturated heterocycles. The standard InChI is InChI=1S/C24H30FN3O3/c1-30-12-9-26-24(29)21-13-18-5-8-20(31-2)14-22(18)28-11-10-27(16-23(21)28)15-17-3-6-19(25)7-4-17/h3-8,14,21,23H,9-13,15-16H2,1-2H3,(H,26,29)/t21-,23-/m0/s1. The van der Waals surface area contributed by atoms with Crippen LogP contribution in [0.2, 0.25) is 0 Å². The first kappa shape index (κ1) is 21.6. The highest BCUT2D eigenvalue weighted by molar-refractivity contribution is 5.82. The van der Waals surface area contributed by atoms with Gasteiger partial charge in [0.15, 0.2) is 0 Å². The predicted octanol–water partition coefficient (Wildman–Crippen LogP) is 2.46. The SMILES string of the molecule is COCCNC(=O)[C@H]1Cc2ccc(OC)cc2N2CCN(Cc3ccc(F)cc3)C[C@@H]12. The van der Waals surface area contributed by atoms with Crippen LogP contribution >= 0.6 is 0 Å². The average molecular weight is 428 g/mol. The van der Waals surface area contributed by atoms with Crippen molar-refractivity contribution in [1.82, 2.24) is 10.2 Å². The molecule has 7 heteroatoms. The molecular weight excluding hydrogens is 397 g/mol. The lowest BCUT2D eigenvalue weighted by molar-refractivity contribution is -0.126. The first-order valence-corrected chi connectivity index (χ1v) is 10.8. The summed E-state index contributed by atoms with van der Waals surface area (Å²) in [6, 6.07) is 12.8. The molecule has 2 atom stereocenters. The fourth-order valence-corrected chi connectivity index (χ4v) is 4.66. The van der Waals surface area contributed by atoms with E-state index in [-0.39, 0.29) is 23.7 Å². The van der Waals surface area contributed by atoms with Crippen LogP contribution in [0.1, 0.15) is 11.1 Å². The van der Waals surface area contributed by atoms with Gasteiger partial charge in [0, 0.05) is 51.6 Å². The van der Waals surface area contributed by atoms with E-state index in [2.05, 4.69) is 27.2 Å². The van der Waals surface area contributed by atoms with Gasteiger partial charge in [-0.05, 0) is 35.7 Å². The van der Waals surface area contributed by atoms with Gasteiger partial charge in [0.1, 0.15) is 11.6 Å². The summed E-state index contributed by atoms with van der Waals surface area (Å²) in [5.74, 6) is 0.527. The van der Waals surface area contributed by atoms with Crippen LogP contribution in [0.4, 0.5) is 10.1 Å². The number of fused-ring (bicyclic) bond motifs is 3. The number of methoxy groups -OCH3 is 2. The number of nitrogens with one attached hydrogen (secondary N) is 1. The molecule has 0 saturated carbocycles. The first-order chi connectivity index (χ1) is 15.1. The number of amides is 1. The summed E-state index contributed by atoms with van der Waals surface area (Å²) < 4.78 is 23.8. The molecule has 6 nitrogen and oxygen atoms in total. The Kier molecular flexibility index (Phi) is 6.73. The molecule has 0 radical (unpaired) electrons. The second-order valence-corrected chi connectivity index (χ2v) is 8.21. The van der Waals surface area contributed by atoms with Crippen LogP contribution in [0.25, 0.3) is 0 Å². The molecule has 0 unspecified atom stereocenters. The van der Waals surface area contributed by atoms with Crippen LogP contribution in [0.3, 0.4) is 0 Å².